The van der Waals surface area contributed by atoms with Gasteiger partial charge in [0.2, 0.25) is 0 Å². The Morgan fingerprint density at radius 3 is 2.58 bits per heavy atom. The molecule has 0 spiro atoms. The third-order valence-corrected chi connectivity index (χ3v) is 6.50. The molecule has 0 radical (unpaired) electrons. The van der Waals surface area contributed by atoms with Gasteiger partial charge in [-0.3, -0.25) is 4.79 Å². The zero-order valence-corrected chi connectivity index (χ0v) is 21.5. The van der Waals surface area contributed by atoms with E-state index in [1.54, 1.807) is 0 Å². The van der Waals surface area contributed by atoms with Crippen LogP contribution in [0.25, 0.3) is 11.0 Å². The second-order valence-corrected chi connectivity index (χ2v) is 9.43. The number of imidazole rings is 1. The first-order valence-corrected chi connectivity index (χ1v) is 13.1. The SMILES string of the molecule is Cc1cccc(C(=O)NCCCCCc2nc3ccccc3n2CCCCOc2ccccc2C)c1. The fraction of sp³-hybridized carbons (Fsp3) is 0.355. The van der Waals surface area contributed by atoms with Crippen LogP contribution < -0.4 is 10.1 Å². The molecule has 0 saturated heterocycles. The molecule has 0 aliphatic heterocycles. The number of nitrogens with zero attached hydrogens (tertiary/aromatic N) is 2. The van der Waals surface area contributed by atoms with Crippen molar-refractivity contribution < 1.29 is 9.53 Å². The van der Waals surface area contributed by atoms with Crippen molar-refractivity contribution in [1.82, 2.24) is 14.9 Å². The maximum Gasteiger partial charge on any atom is 0.251 e. The van der Waals surface area contributed by atoms with Gasteiger partial charge >= 0.3 is 0 Å². The summed E-state index contributed by atoms with van der Waals surface area (Å²) in [6.45, 7) is 6.45. The number of carbonyl (C=O) groups is 1. The molecule has 1 amide bonds. The number of aromatic nitrogens is 2. The van der Waals surface area contributed by atoms with Crippen molar-refractivity contribution in [1.29, 1.82) is 0 Å². The number of amides is 1. The zero-order chi connectivity index (χ0) is 25.2. The molecule has 0 bridgehead atoms. The lowest BCUT2D eigenvalue weighted by Crippen LogP contribution is -2.24. The molecule has 4 rings (SSSR count). The second kappa shape index (κ2) is 12.9. The lowest BCUT2D eigenvalue weighted by atomic mass is 10.1. The predicted molar refractivity (Wildman–Crippen MR) is 147 cm³/mol. The van der Waals surface area contributed by atoms with Gasteiger partial charge in [-0.15, -0.1) is 0 Å². The van der Waals surface area contributed by atoms with Gasteiger partial charge in [0.05, 0.1) is 17.6 Å². The molecule has 0 saturated carbocycles. The molecule has 0 fully saturated rings. The number of hydrogen-bond acceptors (Lipinski definition) is 3. The number of unbranched alkanes of at least 4 members (excludes halogenated alkanes) is 3. The molecular formula is C31H37N3O2. The van der Waals surface area contributed by atoms with Crippen LogP contribution in [0.5, 0.6) is 5.75 Å². The fourth-order valence-electron chi connectivity index (χ4n) is 4.51. The van der Waals surface area contributed by atoms with Crippen molar-refractivity contribution in [3.8, 4) is 5.75 Å². The number of rotatable bonds is 13. The summed E-state index contributed by atoms with van der Waals surface area (Å²) in [5.74, 6) is 2.13. The van der Waals surface area contributed by atoms with E-state index in [1.807, 2.05) is 49.4 Å². The largest absolute Gasteiger partial charge is 0.493 e. The molecule has 0 aliphatic carbocycles. The smallest absolute Gasteiger partial charge is 0.251 e. The molecule has 3 aromatic carbocycles. The Morgan fingerprint density at radius 1 is 0.889 bits per heavy atom. The highest BCUT2D eigenvalue weighted by molar-refractivity contribution is 5.94. The van der Waals surface area contributed by atoms with Gasteiger partial charge < -0.3 is 14.6 Å². The molecule has 0 aliphatic rings. The number of para-hydroxylation sites is 3. The predicted octanol–water partition coefficient (Wildman–Crippen LogP) is 6.66. The summed E-state index contributed by atoms with van der Waals surface area (Å²) in [5.41, 5.74) is 5.28. The van der Waals surface area contributed by atoms with Crippen LogP contribution >= 0.6 is 0 Å². The average Bonchev–Trinajstić information content (AvgIpc) is 3.24. The lowest BCUT2D eigenvalue weighted by molar-refractivity contribution is 0.0953. The van der Waals surface area contributed by atoms with E-state index < -0.39 is 0 Å². The number of nitrogens with one attached hydrogen (secondary N) is 1. The van der Waals surface area contributed by atoms with Crippen LogP contribution in [0.3, 0.4) is 0 Å². The van der Waals surface area contributed by atoms with Crippen LogP contribution in [0, 0.1) is 13.8 Å². The number of fused-ring (bicyclic) bond motifs is 1. The van der Waals surface area contributed by atoms with Crippen LogP contribution in [0.2, 0.25) is 0 Å². The molecule has 5 nitrogen and oxygen atoms in total. The summed E-state index contributed by atoms with van der Waals surface area (Å²) in [4.78, 5) is 17.2. The minimum Gasteiger partial charge on any atom is -0.493 e. The van der Waals surface area contributed by atoms with Crippen LogP contribution in [0.4, 0.5) is 0 Å². The van der Waals surface area contributed by atoms with Crippen molar-refractivity contribution in [2.45, 2.75) is 58.9 Å². The van der Waals surface area contributed by atoms with Crippen LogP contribution in [-0.4, -0.2) is 28.6 Å². The fourth-order valence-corrected chi connectivity index (χ4v) is 4.51. The molecule has 1 aromatic heterocycles. The number of ether oxygens (including phenoxy) is 1. The molecule has 36 heavy (non-hydrogen) atoms. The molecular weight excluding hydrogens is 446 g/mol. The van der Waals surface area contributed by atoms with Crippen LogP contribution in [0.1, 0.15) is 59.4 Å². The van der Waals surface area contributed by atoms with Gasteiger partial charge in [-0.2, -0.15) is 0 Å². The standard InChI is InChI=1S/C31H37N3O2/c1-24-13-12-15-26(23-24)31(35)32-20-9-3-4-19-30-33-27-16-6-7-17-28(27)34(30)21-10-11-22-36-29-18-8-5-14-25(29)2/h5-8,12-18,23H,3-4,9-11,19-22H2,1-2H3,(H,32,35). The summed E-state index contributed by atoms with van der Waals surface area (Å²) >= 11 is 0. The van der Waals surface area contributed by atoms with Crippen molar-refractivity contribution in [3.05, 3.63) is 95.3 Å². The van der Waals surface area contributed by atoms with E-state index >= 15 is 0 Å². The van der Waals surface area contributed by atoms with Gasteiger partial charge in [-0.25, -0.2) is 4.98 Å². The topological polar surface area (TPSA) is 56.2 Å². The van der Waals surface area contributed by atoms with E-state index in [0.29, 0.717) is 6.54 Å². The minimum absolute atomic E-state index is 0.00639. The normalized spacial score (nSPS) is 11.1. The van der Waals surface area contributed by atoms with Gasteiger partial charge in [0, 0.05) is 25.1 Å². The third-order valence-electron chi connectivity index (χ3n) is 6.50. The Bertz CT molecular complexity index is 1280. The summed E-state index contributed by atoms with van der Waals surface area (Å²) in [7, 11) is 0. The Kier molecular flexibility index (Phi) is 9.15. The highest BCUT2D eigenvalue weighted by atomic mass is 16.5. The number of benzene rings is 3. The minimum atomic E-state index is 0.00639. The van der Waals surface area contributed by atoms with Crippen molar-refractivity contribution in [3.63, 3.8) is 0 Å². The maximum atomic E-state index is 12.3. The van der Waals surface area contributed by atoms with Crippen molar-refractivity contribution in [2.24, 2.45) is 0 Å². The molecule has 0 atom stereocenters. The lowest BCUT2D eigenvalue weighted by Gasteiger charge is -2.11. The van der Waals surface area contributed by atoms with Crippen LogP contribution in [0.15, 0.2) is 72.8 Å². The maximum absolute atomic E-state index is 12.3. The summed E-state index contributed by atoms with van der Waals surface area (Å²) in [6, 6.07) is 24.3. The first kappa shape index (κ1) is 25.5. The monoisotopic (exact) mass is 483 g/mol. The Balaban J connectivity index is 1.22. The van der Waals surface area contributed by atoms with E-state index in [2.05, 4.69) is 47.1 Å². The Labute approximate surface area is 214 Å². The average molecular weight is 484 g/mol. The van der Waals surface area contributed by atoms with E-state index in [9.17, 15) is 4.79 Å². The Hall–Kier alpha value is -3.60. The third kappa shape index (κ3) is 6.97. The van der Waals surface area contributed by atoms with E-state index in [1.165, 1.54) is 11.1 Å². The molecule has 1 N–H and O–H groups in total. The first-order chi connectivity index (χ1) is 17.6. The van der Waals surface area contributed by atoms with Gasteiger partial charge in [-0.05, 0) is 75.4 Å². The zero-order valence-electron chi connectivity index (χ0n) is 21.5. The van der Waals surface area contributed by atoms with Gasteiger partial charge in [0.1, 0.15) is 11.6 Å². The summed E-state index contributed by atoms with van der Waals surface area (Å²) < 4.78 is 8.35. The van der Waals surface area contributed by atoms with Crippen molar-refractivity contribution >= 4 is 16.9 Å². The molecule has 5 heteroatoms. The molecule has 0 unspecified atom stereocenters. The number of hydrogen-bond donors (Lipinski definition) is 1. The van der Waals surface area contributed by atoms with E-state index in [0.717, 1.165) is 79.9 Å². The molecule has 1 heterocycles. The Morgan fingerprint density at radius 2 is 1.72 bits per heavy atom. The summed E-state index contributed by atoms with van der Waals surface area (Å²) in [5, 5.41) is 3.04. The first-order valence-electron chi connectivity index (χ1n) is 13.1. The van der Waals surface area contributed by atoms with Gasteiger partial charge in [0.25, 0.3) is 5.91 Å². The van der Waals surface area contributed by atoms with Gasteiger partial charge in [-0.1, -0.05) is 54.4 Å². The van der Waals surface area contributed by atoms with E-state index in [-0.39, 0.29) is 5.91 Å². The van der Waals surface area contributed by atoms with Crippen molar-refractivity contribution in [2.75, 3.05) is 13.2 Å². The highest BCUT2D eigenvalue weighted by Gasteiger charge is 2.10. The van der Waals surface area contributed by atoms with E-state index in [4.69, 9.17) is 9.72 Å². The molecule has 188 valence electrons. The number of carbonyl (C=O) groups excluding carboxylic acids is 1. The second-order valence-electron chi connectivity index (χ2n) is 9.43. The number of aryl methyl sites for hydroxylation is 4. The summed E-state index contributed by atoms with van der Waals surface area (Å²) in [6.07, 6.45) is 6.07. The van der Waals surface area contributed by atoms with Crippen LogP contribution in [-0.2, 0) is 13.0 Å². The highest BCUT2D eigenvalue weighted by Crippen LogP contribution is 2.20. The quantitative estimate of drug-likeness (QED) is 0.217. The molecule has 4 aromatic rings. The van der Waals surface area contributed by atoms with Gasteiger partial charge in [0.15, 0.2) is 0 Å².